The molecule has 31 heavy (non-hydrogen) atoms. The third-order valence-electron chi connectivity index (χ3n) is 4.38. The fourth-order valence-electron chi connectivity index (χ4n) is 2.77. The fraction of sp³-hybridized carbons (Fsp3) is 0.190. The number of rotatable bonds is 8. The van der Waals surface area contributed by atoms with Crippen LogP contribution >= 0.6 is 11.3 Å². The Labute approximate surface area is 182 Å². The summed E-state index contributed by atoms with van der Waals surface area (Å²) in [7, 11) is -3.71. The summed E-state index contributed by atoms with van der Waals surface area (Å²) in [6.07, 6.45) is -3.88. The molecule has 0 fully saturated rings. The van der Waals surface area contributed by atoms with Crippen LogP contribution in [0.1, 0.15) is 26.4 Å². The molecule has 1 amide bonds. The summed E-state index contributed by atoms with van der Waals surface area (Å²) >= 11 is 1.54. The fourth-order valence-corrected chi connectivity index (χ4v) is 4.52. The van der Waals surface area contributed by atoms with Crippen molar-refractivity contribution in [3.63, 3.8) is 0 Å². The first kappa shape index (κ1) is 23.0. The molecule has 2 N–H and O–H groups in total. The molecule has 0 aliphatic rings. The van der Waals surface area contributed by atoms with E-state index in [0.717, 1.165) is 17.0 Å². The molecule has 0 unspecified atom stereocenters. The number of nitrogens with one attached hydrogen (secondary N) is 2. The van der Waals surface area contributed by atoms with E-state index >= 15 is 0 Å². The Balaban J connectivity index is 1.57. The van der Waals surface area contributed by atoms with Gasteiger partial charge in [-0.2, -0.15) is 13.2 Å². The maximum Gasteiger partial charge on any atom is 0.416 e. The Bertz CT molecular complexity index is 1130. The highest BCUT2D eigenvalue weighted by Crippen LogP contribution is 2.29. The van der Waals surface area contributed by atoms with Gasteiger partial charge in [0.2, 0.25) is 10.0 Å². The molecule has 0 saturated heterocycles. The van der Waals surface area contributed by atoms with Gasteiger partial charge in [0.15, 0.2) is 0 Å². The molecule has 0 radical (unpaired) electrons. The van der Waals surface area contributed by atoms with Gasteiger partial charge >= 0.3 is 6.18 Å². The van der Waals surface area contributed by atoms with E-state index < -0.39 is 27.7 Å². The lowest BCUT2D eigenvalue weighted by atomic mass is 10.1. The summed E-state index contributed by atoms with van der Waals surface area (Å²) < 4.78 is 65.6. The van der Waals surface area contributed by atoms with Crippen molar-refractivity contribution in [3.8, 4) is 0 Å². The van der Waals surface area contributed by atoms with E-state index in [1.165, 1.54) is 36.4 Å². The van der Waals surface area contributed by atoms with Gasteiger partial charge in [-0.15, -0.1) is 11.3 Å². The van der Waals surface area contributed by atoms with E-state index in [1.54, 1.807) is 11.3 Å². The SMILES string of the molecule is O=C(NCc1cccc(C(F)(F)F)c1)c1ccc(S(=O)(=O)NCCc2cccs2)cc1. The molecule has 164 valence electrons. The molecular formula is C21H19F3N2O3S2. The van der Waals surface area contributed by atoms with Gasteiger partial charge in [-0.1, -0.05) is 18.2 Å². The second-order valence-electron chi connectivity index (χ2n) is 6.63. The smallest absolute Gasteiger partial charge is 0.348 e. The lowest BCUT2D eigenvalue weighted by Crippen LogP contribution is -2.26. The van der Waals surface area contributed by atoms with Crippen LogP contribution in [-0.4, -0.2) is 20.9 Å². The molecular weight excluding hydrogens is 449 g/mol. The monoisotopic (exact) mass is 468 g/mol. The summed E-state index contributed by atoms with van der Waals surface area (Å²) in [4.78, 5) is 13.4. The van der Waals surface area contributed by atoms with Crippen molar-refractivity contribution in [2.24, 2.45) is 0 Å². The first-order valence-electron chi connectivity index (χ1n) is 9.21. The number of carbonyl (C=O) groups excluding carboxylic acids is 1. The van der Waals surface area contributed by atoms with Gasteiger partial charge in [0.1, 0.15) is 0 Å². The standard InChI is InChI=1S/C21H19F3N2O3S2/c22-21(23,24)17-4-1-3-15(13-17)14-25-20(27)16-6-8-19(9-7-16)31(28,29)26-11-10-18-5-2-12-30-18/h1-9,12-13,26H,10-11,14H2,(H,25,27). The number of hydrogen-bond acceptors (Lipinski definition) is 4. The Kier molecular flexibility index (Phi) is 7.14. The molecule has 1 heterocycles. The zero-order chi connectivity index (χ0) is 22.5. The average molecular weight is 469 g/mol. The quantitative estimate of drug-likeness (QED) is 0.520. The molecule has 0 atom stereocenters. The Morgan fingerprint density at radius 2 is 1.74 bits per heavy atom. The molecule has 2 aromatic carbocycles. The van der Waals surface area contributed by atoms with Gasteiger partial charge in [0.25, 0.3) is 5.91 Å². The van der Waals surface area contributed by atoms with Crippen LogP contribution in [0.2, 0.25) is 0 Å². The van der Waals surface area contributed by atoms with Crippen LogP contribution in [0.5, 0.6) is 0 Å². The van der Waals surface area contributed by atoms with Gasteiger partial charge in [0.05, 0.1) is 10.5 Å². The third kappa shape index (κ3) is 6.39. The predicted octanol–water partition coefficient (Wildman–Crippen LogP) is 4.22. The molecule has 10 heteroatoms. The number of halogens is 3. The Morgan fingerprint density at radius 1 is 1.00 bits per heavy atom. The second kappa shape index (κ2) is 9.63. The molecule has 0 aliphatic heterocycles. The number of hydrogen-bond donors (Lipinski definition) is 2. The van der Waals surface area contributed by atoms with Crippen LogP contribution in [0.25, 0.3) is 0 Å². The number of benzene rings is 2. The molecule has 0 bridgehead atoms. The molecule has 0 saturated carbocycles. The van der Waals surface area contributed by atoms with Crippen LogP contribution in [0.4, 0.5) is 13.2 Å². The van der Waals surface area contributed by atoms with Gasteiger partial charge in [0, 0.05) is 23.5 Å². The number of alkyl halides is 3. The minimum Gasteiger partial charge on any atom is -0.348 e. The van der Waals surface area contributed by atoms with Gasteiger partial charge in [-0.05, 0) is 59.8 Å². The number of amides is 1. The first-order chi connectivity index (χ1) is 14.6. The second-order valence-corrected chi connectivity index (χ2v) is 9.43. The highest BCUT2D eigenvalue weighted by atomic mass is 32.2. The van der Waals surface area contributed by atoms with Crippen molar-refractivity contribution < 1.29 is 26.4 Å². The lowest BCUT2D eigenvalue weighted by Gasteiger charge is -2.10. The van der Waals surface area contributed by atoms with Crippen molar-refractivity contribution in [1.29, 1.82) is 0 Å². The predicted molar refractivity (Wildman–Crippen MR) is 112 cm³/mol. The molecule has 3 rings (SSSR count). The van der Waals surface area contributed by atoms with Crippen molar-refractivity contribution in [2.45, 2.75) is 24.0 Å². The molecule has 3 aromatic rings. The van der Waals surface area contributed by atoms with Crippen LogP contribution in [0.15, 0.2) is 70.9 Å². The van der Waals surface area contributed by atoms with E-state index in [9.17, 15) is 26.4 Å². The average Bonchev–Trinajstić information content (AvgIpc) is 3.25. The Hall–Kier alpha value is -2.69. The van der Waals surface area contributed by atoms with Gasteiger partial charge in [-0.25, -0.2) is 13.1 Å². The lowest BCUT2D eigenvalue weighted by molar-refractivity contribution is -0.137. The van der Waals surface area contributed by atoms with Gasteiger partial charge < -0.3 is 5.32 Å². The van der Waals surface area contributed by atoms with Crippen LogP contribution in [0, 0.1) is 0 Å². The van der Waals surface area contributed by atoms with E-state index in [1.807, 2.05) is 17.5 Å². The maximum absolute atomic E-state index is 12.8. The van der Waals surface area contributed by atoms with Crippen LogP contribution in [-0.2, 0) is 29.2 Å². The zero-order valence-electron chi connectivity index (χ0n) is 16.1. The molecule has 0 spiro atoms. The summed E-state index contributed by atoms with van der Waals surface area (Å²) in [5.74, 6) is -0.521. The van der Waals surface area contributed by atoms with E-state index in [0.29, 0.717) is 12.0 Å². The molecule has 1 aromatic heterocycles. The van der Waals surface area contributed by atoms with E-state index in [4.69, 9.17) is 0 Å². The van der Waals surface area contributed by atoms with Crippen molar-refractivity contribution >= 4 is 27.3 Å². The first-order valence-corrected chi connectivity index (χ1v) is 11.6. The number of carbonyl (C=O) groups is 1. The third-order valence-corrected chi connectivity index (χ3v) is 6.79. The maximum atomic E-state index is 12.8. The number of sulfonamides is 1. The van der Waals surface area contributed by atoms with Crippen molar-refractivity contribution in [1.82, 2.24) is 10.0 Å². The van der Waals surface area contributed by atoms with Crippen molar-refractivity contribution in [3.05, 3.63) is 87.6 Å². The minimum atomic E-state index is -4.46. The van der Waals surface area contributed by atoms with E-state index in [2.05, 4.69) is 10.0 Å². The Morgan fingerprint density at radius 3 is 2.39 bits per heavy atom. The summed E-state index contributed by atoms with van der Waals surface area (Å²) in [5, 5.41) is 4.45. The van der Waals surface area contributed by atoms with E-state index in [-0.39, 0.29) is 23.5 Å². The van der Waals surface area contributed by atoms with Crippen LogP contribution in [0.3, 0.4) is 0 Å². The molecule has 5 nitrogen and oxygen atoms in total. The topological polar surface area (TPSA) is 75.3 Å². The van der Waals surface area contributed by atoms with Gasteiger partial charge in [-0.3, -0.25) is 4.79 Å². The highest BCUT2D eigenvalue weighted by Gasteiger charge is 2.30. The highest BCUT2D eigenvalue weighted by molar-refractivity contribution is 7.89. The largest absolute Gasteiger partial charge is 0.416 e. The zero-order valence-corrected chi connectivity index (χ0v) is 17.8. The minimum absolute atomic E-state index is 0.0214. The summed E-state index contributed by atoms with van der Waals surface area (Å²) in [6, 6.07) is 13.8. The number of thiophene rings is 1. The molecule has 0 aliphatic carbocycles. The summed E-state index contributed by atoms with van der Waals surface area (Å²) in [5.41, 5.74) is -0.290. The van der Waals surface area contributed by atoms with Crippen LogP contribution < -0.4 is 10.0 Å². The summed E-state index contributed by atoms with van der Waals surface area (Å²) in [6.45, 7) is 0.162. The normalized spacial score (nSPS) is 12.0. The van der Waals surface area contributed by atoms with Crippen molar-refractivity contribution in [2.75, 3.05) is 6.54 Å².